The van der Waals surface area contributed by atoms with E-state index in [1.807, 2.05) is 0 Å². The van der Waals surface area contributed by atoms with Crippen LogP contribution in [-0.2, 0) is 13.0 Å². The molecule has 1 aromatic rings. The summed E-state index contributed by atoms with van der Waals surface area (Å²) in [5.41, 5.74) is 2.62. The molecule has 2 N–H and O–H groups in total. The van der Waals surface area contributed by atoms with Crippen LogP contribution in [0.5, 0.6) is 0 Å². The minimum absolute atomic E-state index is 0.442. The van der Waals surface area contributed by atoms with Gasteiger partial charge in [-0.05, 0) is 51.3 Å². The van der Waals surface area contributed by atoms with Gasteiger partial charge in [-0.25, -0.2) is 4.98 Å². The normalized spacial score (nSPS) is 16.4. The number of anilines is 1. The third-order valence-electron chi connectivity index (χ3n) is 2.84. The van der Waals surface area contributed by atoms with Gasteiger partial charge in [-0.15, -0.1) is 0 Å². The fraction of sp³-hybridized carbons (Fsp3) is 0.615. The number of aryl methyl sites for hydroxylation is 1. The number of nitrogens with zero attached hydrogens (tertiary/aromatic N) is 1. The van der Waals surface area contributed by atoms with Crippen LogP contribution in [0.3, 0.4) is 0 Å². The lowest BCUT2D eigenvalue weighted by Gasteiger charge is -2.16. The van der Waals surface area contributed by atoms with Crippen LogP contribution in [0.25, 0.3) is 0 Å². The van der Waals surface area contributed by atoms with Crippen molar-refractivity contribution in [3.63, 3.8) is 0 Å². The van der Waals surface area contributed by atoms with Gasteiger partial charge in [0.2, 0.25) is 0 Å². The molecule has 0 unspecified atom stereocenters. The number of nitrogens with one attached hydrogen (secondary N) is 2. The molecule has 0 saturated heterocycles. The molecule has 0 amide bonds. The molecular weight excluding hydrogens is 198 g/mol. The summed E-state index contributed by atoms with van der Waals surface area (Å²) in [6.45, 7) is 6.37. The van der Waals surface area contributed by atoms with Crippen molar-refractivity contribution in [2.45, 2.75) is 45.7 Å². The highest BCUT2D eigenvalue weighted by molar-refractivity contribution is 5.39. The van der Waals surface area contributed by atoms with Crippen molar-refractivity contribution >= 4 is 5.82 Å². The van der Waals surface area contributed by atoms with Crippen molar-refractivity contribution in [3.8, 4) is 0 Å². The maximum absolute atomic E-state index is 4.70. The molecule has 3 heteroatoms. The van der Waals surface area contributed by atoms with Gasteiger partial charge >= 0.3 is 0 Å². The zero-order valence-electron chi connectivity index (χ0n) is 10.2. The number of fused-ring (bicyclic) bond motifs is 1. The van der Waals surface area contributed by atoms with Gasteiger partial charge in [0.25, 0.3) is 0 Å². The predicted molar refractivity (Wildman–Crippen MR) is 67.6 cm³/mol. The summed E-state index contributed by atoms with van der Waals surface area (Å²) in [4.78, 5) is 4.70. The Morgan fingerprint density at radius 1 is 1.31 bits per heavy atom. The highest BCUT2D eigenvalue weighted by atomic mass is 15.0. The van der Waals surface area contributed by atoms with Gasteiger partial charge in [0.15, 0.2) is 0 Å². The van der Waals surface area contributed by atoms with Crippen molar-refractivity contribution in [1.29, 1.82) is 0 Å². The second-order valence-electron chi connectivity index (χ2n) is 4.74. The first-order chi connectivity index (χ1) is 7.75. The molecule has 16 heavy (non-hydrogen) atoms. The van der Waals surface area contributed by atoms with Crippen molar-refractivity contribution < 1.29 is 0 Å². The fourth-order valence-corrected chi connectivity index (χ4v) is 2.05. The highest BCUT2D eigenvalue weighted by Crippen LogP contribution is 2.16. The average molecular weight is 219 g/mol. The van der Waals surface area contributed by atoms with E-state index in [-0.39, 0.29) is 0 Å². The van der Waals surface area contributed by atoms with Gasteiger partial charge in [0.1, 0.15) is 5.82 Å². The Labute approximate surface area is 97.7 Å². The summed E-state index contributed by atoms with van der Waals surface area (Å²) in [6.07, 6.45) is 3.60. The van der Waals surface area contributed by atoms with E-state index in [4.69, 9.17) is 4.98 Å². The molecule has 0 saturated carbocycles. The second-order valence-corrected chi connectivity index (χ2v) is 4.74. The molecule has 0 atom stereocenters. The summed E-state index contributed by atoms with van der Waals surface area (Å²) >= 11 is 0. The molecule has 1 aliphatic rings. The van der Waals surface area contributed by atoms with Crippen molar-refractivity contribution in [1.82, 2.24) is 10.3 Å². The van der Waals surface area contributed by atoms with Crippen molar-refractivity contribution in [2.75, 3.05) is 11.9 Å². The number of aromatic nitrogens is 1. The number of hydrogen-bond acceptors (Lipinski definition) is 3. The molecule has 3 nitrogen and oxygen atoms in total. The standard InChI is InChI=1S/C13H21N3/c1-10(2)15-13-7-6-11-9-14-8-4-3-5-12(11)16-13/h6-7,10,14H,3-5,8-9H2,1-2H3,(H,15,16). The van der Waals surface area contributed by atoms with Crippen LogP contribution in [0.4, 0.5) is 5.82 Å². The third kappa shape index (κ3) is 2.95. The Kier molecular flexibility index (Phi) is 3.78. The van der Waals surface area contributed by atoms with Gasteiger partial charge < -0.3 is 10.6 Å². The maximum atomic E-state index is 4.70. The topological polar surface area (TPSA) is 37.0 Å². The first kappa shape index (κ1) is 11.4. The minimum Gasteiger partial charge on any atom is -0.368 e. The first-order valence-electron chi connectivity index (χ1n) is 6.22. The molecule has 0 aliphatic carbocycles. The van der Waals surface area contributed by atoms with Crippen LogP contribution >= 0.6 is 0 Å². The zero-order chi connectivity index (χ0) is 11.4. The largest absolute Gasteiger partial charge is 0.368 e. The smallest absolute Gasteiger partial charge is 0.126 e. The SMILES string of the molecule is CC(C)Nc1ccc2c(n1)CCCCNC2. The lowest BCUT2D eigenvalue weighted by Crippen LogP contribution is -2.20. The number of rotatable bonds is 2. The lowest BCUT2D eigenvalue weighted by molar-refractivity contribution is 0.591. The summed E-state index contributed by atoms with van der Waals surface area (Å²) in [5, 5.41) is 6.80. The van der Waals surface area contributed by atoms with E-state index in [2.05, 4.69) is 36.6 Å². The highest BCUT2D eigenvalue weighted by Gasteiger charge is 2.08. The van der Waals surface area contributed by atoms with E-state index in [1.54, 1.807) is 0 Å². The van der Waals surface area contributed by atoms with Gasteiger partial charge in [-0.1, -0.05) is 6.07 Å². The van der Waals surface area contributed by atoms with E-state index in [0.29, 0.717) is 6.04 Å². The summed E-state index contributed by atoms with van der Waals surface area (Å²) < 4.78 is 0. The zero-order valence-corrected chi connectivity index (χ0v) is 10.2. The van der Waals surface area contributed by atoms with E-state index < -0.39 is 0 Å². The molecule has 0 bridgehead atoms. The second kappa shape index (κ2) is 5.30. The summed E-state index contributed by atoms with van der Waals surface area (Å²) in [6, 6.07) is 4.73. The Morgan fingerprint density at radius 3 is 3.00 bits per heavy atom. The fourth-order valence-electron chi connectivity index (χ4n) is 2.05. The Morgan fingerprint density at radius 2 is 2.19 bits per heavy atom. The Hall–Kier alpha value is -1.09. The first-order valence-corrected chi connectivity index (χ1v) is 6.22. The quantitative estimate of drug-likeness (QED) is 0.801. The summed E-state index contributed by atoms with van der Waals surface area (Å²) in [7, 11) is 0. The van der Waals surface area contributed by atoms with Crippen LogP contribution < -0.4 is 10.6 Å². The van der Waals surface area contributed by atoms with Crippen molar-refractivity contribution in [3.05, 3.63) is 23.4 Å². The van der Waals surface area contributed by atoms with E-state index in [9.17, 15) is 0 Å². The van der Waals surface area contributed by atoms with Gasteiger partial charge in [-0.2, -0.15) is 0 Å². The molecule has 88 valence electrons. The molecule has 0 aromatic carbocycles. The van der Waals surface area contributed by atoms with Gasteiger partial charge in [0.05, 0.1) is 0 Å². The van der Waals surface area contributed by atoms with Crippen LogP contribution in [0.15, 0.2) is 12.1 Å². The predicted octanol–water partition coefficient (Wildman–Crippen LogP) is 2.33. The average Bonchev–Trinajstić information content (AvgIpc) is 2.19. The van der Waals surface area contributed by atoms with Gasteiger partial charge in [0, 0.05) is 18.3 Å². The monoisotopic (exact) mass is 219 g/mol. The molecule has 2 heterocycles. The molecule has 1 aliphatic heterocycles. The van der Waals surface area contributed by atoms with Crippen LogP contribution in [0.1, 0.15) is 37.9 Å². The molecule has 1 aromatic heterocycles. The summed E-state index contributed by atoms with van der Waals surface area (Å²) in [5.74, 6) is 1.01. The van der Waals surface area contributed by atoms with Crippen LogP contribution in [0, 0.1) is 0 Å². The molecule has 0 radical (unpaired) electrons. The van der Waals surface area contributed by atoms with Crippen LogP contribution in [-0.4, -0.2) is 17.6 Å². The third-order valence-corrected chi connectivity index (χ3v) is 2.84. The maximum Gasteiger partial charge on any atom is 0.126 e. The molecular formula is C13H21N3. The minimum atomic E-state index is 0.442. The molecule has 2 rings (SSSR count). The molecule has 0 fully saturated rings. The van der Waals surface area contributed by atoms with Crippen LogP contribution in [0.2, 0.25) is 0 Å². The van der Waals surface area contributed by atoms with E-state index in [0.717, 1.165) is 25.3 Å². The Bertz CT molecular complexity index is 347. The van der Waals surface area contributed by atoms with Crippen molar-refractivity contribution in [2.24, 2.45) is 0 Å². The Balaban J connectivity index is 2.17. The van der Waals surface area contributed by atoms with E-state index >= 15 is 0 Å². The van der Waals surface area contributed by atoms with E-state index in [1.165, 1.54) is 24.1 Å². The lowest BCUT2D eigenvalue weighted by atomic mass is 10.1. The molecule has 0 spiro atoms. The number of hydrogen-bond donors (Lipinski definition) is 2. The van der Waals surface area contributed by atoms with Gasteiger partial charge in [-0.3, -0.25) is 0 Å². The number of pyridine rings is 1.